The molecule has 4 heteroatoms. The topological polar surface area (TPSA) is 50.4 Å². The molecule has 19 heavy (non-hydrogen) atoms. The molecule has 1 aromatic rings. The van der Waals surface area contributed by atoms with E-state index in [2.05, 4.69) is 42.9 Å². The lowest BCUT2D eigenvalue weighted by Crippen LogP contribution is -2.36. The second-order valence-electron chi connectivity index (χ2n) is 4.94. The van der Waals surface area contributed by atoms with Gasteiger partial charge in [0.25, 0.3) is 0 Å². The quantitative estimate of drug-likeness (QED) is 0.814. The molecule has 1 saturated heterocycles. The van der Waals surface area contributed by atoms with E-state index in [1.165, 1.54) is 23.8 Å². The number of hydrogen-bond donors (Lipinski definition) is 2. The highest BCUT2D eigenvalue weighted by molar-refractivity contribution is 5.76. The fourth-order valence-corrected chi connectivity index (χ4v) is 2.47. The summed E-state index contributed by atoms with van der Waals surface area (Å²) in [6.07, 6.45) is 2.78. The third-order valence-electron chi connectivity index (χ3n) is 3.68. The van der Waals surface area contributed by atoms with Gasteiger partial charge < -0.3 is 4.74 Å². The summed E-state index contributed by atoms with van der Waals surface area (Å²) in [5, 5.41) is 0. The van der Waals surface area contributed by atoms with E-state index >= 15 is 0 Å². The summed E-state index contributed by atoms with van der Waals surface area (Å²) in [5.74, 6) is -0.211. The van der Waals surface area contributed by atoms with Gasteiger partial charge in [-0.2, -0.15) is 0 Å². The van der Waals surface area contributed by atoms with Gasteiger partial charge in [0, 0.05) is 6.04 Å². The zero-order valence-corrected chi connectivity index (χ0v) is 11.8. The number of rotatable bonds is 4. The first-order valence-electron chi connectivity index (χ1n) is 6.89. The molecule has 104 valence electrons. The Morgan fingerprint density at radius 1 is 1.21 bits per heavy atom. The number of aryl methyl sites for hydroxylation is 2. The zero-order valence-electron chi connectivity index (χ0n) is 11.8. The van der Waals surface area contributed by atoms with Crippen LogP contribution in [0, 0.1) is 0 Å². The van der Waals surface area contributed by atoms with Crippen LogP contribution in [0.15, 0.2) is 18.2 Å². The Labute approximate surface area is 114 Å². The molecule has 2 rings (SSSR count). The van der Waals surface area contributed by atoms with Crippen molar-refractivity contribution in [2.45, 2.75) is 45.2 Å². The zero-order chi connectivity index (χ0) is 13.8. The lowest BCUT2D eigenvalue weighted by Gasteiger charge is -2.13. The molecule has 1 aliphatic heterocycles. The summed E-state index contributed by atoms with van der Waals surface area (Å²) >= 11 is 0. The van der Waals surface area contributed by atoms with Gasteiger partial charge in [0.05, 0.1) is 7.11 Å². The van der Waals surface area contributed by atoms with Crippen LogP contribution in [0.1, 0.15) is 43.0 Å². The Hall–Kier alpha value is -1.39. The Morgan fingerprint density at radius 3 is 2.37 bits per heavy atom. The van der Waals surface area contributed by atoms with Crippen molar-refractivity contribution < 1.29 is 9.53 Å². The van der Waals surface area contributed by atoms with Gasteiger partial charge in [-0.05, 0) is 36.0 Å². The van der Waals surface area contributed by atoms with Gasteiger partial charge in [0.1, 0.15) is 6.04 Å². The van der Waals surface area contributed by atoms with Crippen molar-refractivity contribution in [3.8, 4) is 0 Å². The Balaban J connectivity index is 2.16. The maximum Gasteiger partial charge on any atom is 0.324 e. The highest BCUT2D eigenvalue weighted by Crippen LogP contribution is 2.25. The van der Waals surface area contributed by atoms with Crippen LogP contribution >= 0.6 is 0 Å². The van der Waals surface area contributed by atoms with E-state index < -0.39 is 0 Å². The number of carbonyl (C=O) groups is 1. The molecular formula is C15H22N2O2. The van der Waals surface area contributed by atoms with E-state index in [-0.39, 0.29) is 18.1 Å². The Morgan fingerprint density at radius 2 is 1.84 bits per heavy atom. The number of methoxy groups -OCH3 is 1. The number of hydrazine groups is 1. The normalized spacial score (nSPS) is 22.5. The average Bonchev–Trinajstić information content (AvgIpc) is 2.95. The third-order valence-corrected chi connectivity index (χ3v) is 3.68. The summed E-state index contributed by atoms with van der Waals surface area (Å²) in [4.78, 5) is 11.5. The highest BCUT2D eigenvalue weighted by atomic mass is 16.5. The summed E-state index contributed by atoms with van der Waals surface area (Å²) in [7, 11) is 1.42. The van der Waals surface area contributed by atoms with Crippen LogP contribution in [0.3, 0.4) is 0 Å². The minimum atomic E-state index is -0.259. The van der Waals surface area contributed by atoms with Gasteiger partial charge in [-0.1, -0.05) is 32.0 Å². The van der Waals surface area contributed by atoms with Gasteiger partial charge >= 0.3 is 5.97 Å². The number of ether oxygens (including phenoxy) is 1. The second kappa shape index (κ2) is 6.17. The molecule has 1 aromatic carbocycles. The van der Waals surface area contributed by atoms with Crippen LogP contribution in [-0.4, -0.2) is 19.1 Å². The van der Waals surface area contributed by atoms with Crippen LogP contribution in [0.25, 0.3) is 0 Å². The molecule has 0 bridgehead atoms. The van der Waals surface area contributed by atoms with Crippen molar-refractivity contribution in [3.63, 3.8) is 0 Å². The maximum atomic E-state index is 11.5. The lowest BCUT2D eigenvalue weighted by atomic mass is 9.96. The number of hydrogen-bond acceptors (Lipinski definition) is 4. The first-order chi connectivity index (χ1) is 9.17. The smallest absolute Gasteiger partial charge is 0.324 e. The van der Waals surface area contributed by atoms with Crippen LogP contribution < -0.4 is 10.9 Å². The molecule has 2 atom stereocenters. The molecule has 1 aliphatic rings. The molecule has 0 aliphatic carbocycles. The first kappa shape index (κ1) is 14.0. The molecule has 0 aromatic heterocycles. The molecular weight excluding hydrogens is 240 g/mol. The van der Waals surface area contributed by atoms with Gasteiger partial charge in [0.2, 0.25) is 0 Å². The van der Waals surface area contributed by atoms with Crippen molar-refractivity contribution >= 4 is 5.97 Å². The molecule has 4 nitrogen and oxygen atoms in total. The van der Waals surface area contributed by atoms with E-state index in [1.807, 2.05) is 0 Å². The predicted octanol–water partition coefficient (Wildman–Crippen LogP) is 1.89. The van der Waals surface area contributed by atoms with Gasteiger partial charge in [-0.3, -0.25) is 4.79 Å². The molecule has 0 amide bonds. The maximum absolute atomic E-state index is 11.5. The second-order valence-corrected chi connectivity index (χ2v) is 4.94. The minimum absolute atomic E-state index is 0.167. The van der Waals surface area contributed by atoms with Crippen molar-refractivity contribution in [1.29, 1.82) is 0 Å². The van der Waals surface area contributed by atoms with Crippen LogP contribution in [0.5, 0.6) is 0 Å². The molecule has 2 unspecified atom stereocenters. The number of nitrogens with one attached hydrogen (secondary N) is 2. The summed E-state index contributed by atoms with van der Waals surface area (Å²) in [6, 6.07) is 6.60. The van der Waals surface area contributed by atoms with Gasteiger partial charge in [-0.15, -0.1) is 0 Å². The van der Waals surface area contributed by atoms with Crippen LogP contribution in [0.2, 0.25) is 0 Å². The van der Waals surface area contributed by atoms with Gasteiger partial charge in [0.15, 0.2) is 0 Å². The van der Waals surface area contributed by atoms with E-state index in [1.54, 1.807) is 0 Å². The third kappa shape index (κ3) is 3.14. The minimum Gasteiger partial charge on any atom is -0.468 e. The van der Waals surface area contributed by atoms with E-state index in [0.717, 1.165) is 19.3 Å². The Bertz CT molecular complexity index is 437. The monoisotopic (exact) mass is 262 g/mol. The molecule has 2 N–H and O–H groups in total. The summed E-state index contributed by atoms with van der Waals surface area (Å²) < 4.78 is 4.77. The molecule has 1 fully saturated rings. The average molecular weight is 262 g/mol. The van der Waals surface area contributed by atoms with Crippen LogP contribution in [-0.2, 0) is 22.4 Å². The largest absolute Gasteiger partial charge is 0.468 e. The van der Waals surface area contributed by atoms with Crippen molar-refractivity contribution in [1.82, 2.24) is 10.9 Å². The summed E-state index contributed by atoms with van der Waals surface area (Å²) in [6.45, 7) is 4.33. The van der Waals surface area contributed by atoms with Crippen molar-refractivity contribution in [2.75, 3.05) is 7.11 Å². The lowest BCUT2D eigenvalue weighted by molar-refractivity contribution is -0.142. The molecule has 1 heterocycles. The molecule has 0 saturated carbocycles. The fraction of sp³-hybridized carbons (Fsp3) is 0.533. The molecule has 0 spiro atoms. The summed E-state index contributed by atoms with van der Waals surface area (Å²) in [5.41, 5.74) is 10.1. The number of carbonyl (C=O) groups excluding carboxylic acids is 1. The van der Waals surface area contributed by atoms with Crippen molar-refractivity contribution in [2.24, 2.45) is 0 Å². The molecule has 0 radical (unpaired) electrons. The highest BCUT2D eigenvalue weighted by Gasteiger charge is 2.30. The SMILES string of the molecule is CCc1cc(CC)cc(C2CC(C(=O)OC)NN2)c1. The Kier molecular flexibility index (Phi) is 4.56. The fourth-order valence-electron chi connectivity index (χ4n) is 2.47. The number of benzene rings is 1. The van der Waals surface area contributed by atoms with E-state index in [0.29, 0.717) is 0 Å². The standard InChI is InChI=1S/C15H22N2O2/c1-4-10-6-11(5-2)8-12(7-10)13-9-14(17-16-13)15(18)19-3/h6-8,13-14,16-17H,4-5,9H2,1-3H3. The number of esters is 1. The first-order valence-corrected chi connectivity index (χ1v) is 6.89. The van der Waals surface area contributed by atoms with Gasteiger partial charge in [-0.25, -0.2) is 10.9 Å². The predicted molar refractivity (Wildman–Crippen MR) is 74.6 cm³/mol. The van der Waals surface area contributed by atoms with Crippen LogP contribution in [0.4, 0.5) is 0 Å². The van der Waals surface area contributed by atoms with E-state index in [9.17, 15) is 4.79 Å². The van der Waals surface area contributed by atoms with E-state index in [4.69, 9.17) is 4.74 Å². The van der Waals surface area contributed by atoms with Crippen molar-refractivity contribution in [3.05, 3.63) is 34.9 Å².